The Morgan fingerprint density at radius 3 is 2.85 bits per heavy atom. The molecular formula is C16H20N2O2. The molecule has 0 spiro atoms. The van der Waals surface area contributed by atoms with Gasteiger partial charge in [0.25, 0.3) is 0 Å². The second-order valence-corrected chi connectivity index (χ2v) is 4.80. The third kappa shape index (κ3) is 3.07. The lowest BCUT2D eigenvalue weighted by Crippen LogP contribution is -2.06. The zero-order valence-corrected chi connectivity index (χ0v) is 12.2. The Hall–Kier alpha value is -2.10. The van der Waals surface area contributed by atoms with E-state index >= 15 is 0 Å². The first-order valence-corrected chi connectivity index (χ1v) is 6.83. The molecular weight excluding hydrogens is 252 g/mol. The van der Waals surface area contributed by atoms with Crippen molar-refractivity contribution in [3.8, 4) is 5.75 Å². The Kier molecular flexibility index (Phi) is 4.56. The van der Waals surface area contributed by atoms with E-state index in [4.69, 9.17) is 4.74 Å². The normalized spacial score (nSPS) is 10.6. The maximum atomic E-state index is 11.5. The van der Waals surface area contributed by atoms with Crippen molar-refractivity contribution in [3.63, 3.8) is 0 Å². The number of carbonyl (C=O) groups excluding carboxylic acids is 1. The number of carbonyl (C=O) groups is 1. The van der Waals surface area contributed by atoms with Gasteiger partial charge in [0, 0.05) is 29.9 Å². The molecule has 0 saturated heterocycles. The fraction of sp³-hybridized carbons (Fsp3) is 0.375. The van der Waals surface area contributed by atoms with E-state index < -0.39 is 0 Å². The molecule has 4 nitrogen and oxygen atoms in total. The Morgan fingerprint density at radius 1 is 1.40 bits per heavy atom. The van der Waals surface area contributed by atoms with Gasteiger partial charge in [0.15, 0.2) is 5.78 Å². The first kappa shape index (κ1) is 14.3. The molecule has 1 aromatic heterocycles. The van der Waals surface area contributed by atoms with Crippen molar-refractivity contribution in [2.45, 2.75) is 33.2 Å². The van der Waals surface area contributed by atoms with E-state index in [9.17, 15) is 4.79 Å². The maximum absolute atomic E-state index is 11.5. The number of hydrogen-bond acceptors (Lipinski definition) is 3. The summed E-state index contributed by atoms with van der Waals surface area (Å²) in [6, 6.07) is 5.55. The molecule has 0 fully saturated rings. The average molecular weight is 272 g/mol. The second-order valence-electron chi connectivity index (χ2n) is 4.80. The Labute approximate surface area is 119 Å². The van der Waals surface area contributed by atoms with Gasteiger partial charge in [-0.15, -0.1) is 0 Å². The molecule has 0 aliphatic rings. The van der Waals surface area contributed by atoms with Crippen LogP contribution in [-0.2, 0) is 13.0 Å². The van der Waals surface area contributed by atoms with Gasteiger partial charge in [0.1, 0.15) is 11.6 Å². The first-order chi connectivity index (χ1) is 9.65. The number of ether oxygens (including phenoxy) is 1. The summed E-state index contributed by atoms with van der Waals surface area (Å²) in [5, 5.41) is 0. The van der Waals surface area contributed by atoms with E-state index in [0.29, 0.717) is 12.1 Å². The van der Waals surface area contributed by atoms with Gasteiger partial charge >= 0.3 is 0 Å². The Morgan fingerprint density at radius 2 is 2.20 bits per heavy atom. The van der Waals surface area contributed by atoms with Crippen molar-refractivity contribution in [3.05, 3.63) is 47.5 Å². The van der Waals surface area contributed by atoms with E-state index in [1.807, 2.05) is 24.5 Å². The van der Waals surface area contributed by atoms with E-state index in [1.165, 1.54) is 0 Å². The minimum absolute atomic E-state index is 0.0633. The van der Waals surface area contributed by atoms with E-state index in [0.717, 1.165) is 30.0 Å². The van der Waals surface area contributed by atoms with Crippen molar-refractivity contribution >= 4 is 5.78 Å². The van der Waals surface area contributed by atoms with Crippen LogP contribution in [0.4, 0.5) is 0 Å². The highest BCUT2D eigenvalue weighted by atomic mass is 16.5. The van der Waals surface area contributed by atoms with E-state index in [-0.39, 0.29) is 5.78 Å². The monoisotopic (exact) mass is 272 g/mol. The highest BCUT2D eigenvalue weighted by Gasteiger charge is 2.10. The molecule has 0 aliphatic carbocycles. The van der Waals surface area contributed by atoms with Crippen molar-refractivity contribution in [1.29, 1.82) is 0 Å². The largest absolute Gasteiger partial charge is 0.496 e. The fourth-order valence-electron chi connectivity index (χ4n) is 2.24. The smallest absolute Gasteiger partial charge is 0.159 e. The van der Waals surface area contributed by atoms with Crippen LogP contribution in [0.3, 0.4) is 0 Å². The molecule has 2 rings (SSSR count). The highest BCUT2D eigenvalue weighted by molar-refractivity contribution is 5.94. The number of hydrogen-bond donors (Lipinski definition) is 0. The third-order valence-electron chi connectivity index (χ3n) is 3.30. The zero-order valence-electron chi connectivity index (χ0n) is 12.2. The summed E-state index contributed by atoms with van der Waals surface area (Å²) in [7, 11) is 1.65. The summed E-state index contributed by atoms with van der Waals surface area (Å²) < 4.78 is 7.49. The van der Waals surface area contributed by atoms with Gasteiger partial charge in [-0.2, -0.15) is 0 Å². The number of methoxy groups -OCH3 is 1. The van der Waals surface area contributed by atoms with Gasteiger partial charge in [-0.05, 0) is 31.5 Å². The number of benzene rings is 1. The van der Waals surface area contributed by atoms with Gasteiger partial charge in [-0.1, -0.05) is 6.92 Å². The average Bonchev–Trinajstić information content (AvgIpc) is 2.86. The van der Waals surface area contributed by atoms with Crippen LogP contribution >= 0.6 is 0 Å². The molecule has 1 aromatic carbocycles. The maximum Gasteiger partial charge on any atom is 0.159 e. The topological polar surface area (TPSA) is 44.1 Å². The second kappa shape index (κ2) is 6.37. The molecule has 0 aliphatic heterocycles. The summed E-state index contributed by atoms with van der Waals surface area (Å²) in [5.74, 6) is 1.92. The highest BCUT2D eigenvalue weighted by Crippen LogP contribution is 2.22. The van der Waals surface area contributed by atoms with Crippen molar-refractivity contribution in [2.75, 3.05) is 7.11 Å². The van der Waals surface area contributed by atoms with Gasteiger partial charge in [-0.3, -0.25) is 4.79 Å². The van der Waals surface area contributed by atoms with E-state index in [1.54, 1.807) is 20.1 Å². The number of rotatable bonds is 6. The quantitative estimate of drug-likeness (QED) is 0.759. The molecule has 0 N–H and O–H groups in total. The Balaban J connectivity index is 2.33. The van der Waals surface area contributed by atoms with Gasteiger partial charge < -0.3 is 9.30 Å². The number of Topliss-reactive ketones (excluding diaryl/α,β-unsaturated/α-hetero) is 1. The van der Waals surface area contributed by atoms with Gasteiger partial charge in [-0.25, -0.2) is 4.98 Å². The molecule has 106 valence electrons. The lowest BCUT2D eigenvalue weighted by atomic mass is 10.1. The molecule has 0 saturated carbocycles. The van der Waals surface area contributed by atoms with Crippen LogP contribution in [0.5, 0.6) is 5.75 Å². The van der Waals surface area contributed by atoms with Crippen LogP contribution in [0.15, 0.2) is 30.6 Å². The molecule has 0 radical (unpaired) electrons. The number of aryl methyl sites for hydroxylation is 1. The minimum Gasteiger partial charge on any atom is -0.496 e. The molecule has 1 heterocycles. The molecule has 0 atom stereocenters. The van der Waals surface area contributed by atoms with Crippen LogP contribution in [-0.4, -0.2) is 22.4 Å². The molecule has 0 amide bonds. The molecule has 0 bridgehead atoms. The van der Waals surface area contributed by atoms with Crippen LogP contribution < -0.4 is 4.74 Å². The Bertz CT molecular complexity index is 602. The first-order valence-electron chi connectivity index (χ1n) is 6.83. The van der Waals surface area contributed by atoms with Gasteiger partial charge in [0.2, 0.25) is 0 Å². The van der Waals surface area contributed by atoms with Crippen LogP contribution in [0.2, 0.25) is 0 Å². The van der Waals surface area contributed by atoms with Gasteiger partial charge in [0.05, 0.1) is 13.7 Å². The lowest BCUT2D eigenvalue weighted by Gasteiger charge is -2.12. The summed E-state index contributed by atoms with van der Waals surface area (Å²) in [6.45, 7) is 4.38. The van der Waals surface area contributed by atoms with Crippen LogP contribution in [0.25, 0.3) is 0 Å². The minimum atomic E-state index is 0.0633. The fourth-order valence-corrected chi connectivity index (χ4v) is 2.24. The standard InChI is InChI=1S/C16H20N2O2/c1-4-5-16-17-8-9-18(16)11-14-10-13(12(2)19)6-7-15(14)20-3/h6-10H,4-5,11H2,1-3H3. The molecule has 0 unspecified atom stereocenters. The number of imidazole rings is 1. The summed E-state index contributed by atoms with van der Waals surface area (Å²) in [4.78, 5) is 15.9. The summed E-state index contributed by atoms with van der Waals surface area (Å²) in [6.07, 6.45) is 5.78. The van der Waals surface area contributed by atoms with Crippen molar-refractivity contribution < 1.29 is 9.53 Å². The predicted molar refractivity (Wildman–Crippen MR) is 78.3 cm³/mol. The molecule has 20 heavy (non-hydrogen) atoms. The van der Waals surface area contributed by atoms with Crippen LogP contribution in [0, 0.1) is 0 Å². The predicted octanol–water partition coefficient (Wildman–Crippen LogP) is 3.10. The zero-order chi connectivity index (χ0) is 14.5. The van der Waals surface area contributed by atoms with E-state index in [2.05, 4.69) is 16.5 Å². The molecule has 2 aromatic rings. The van der Waals surface area contributed by atoms with Crippen molar-refractivity contribution in [1.82, 2.24) is 9.55 Å². The number of nitrogens with zero attached hydrogens (tertiary/aromatic N) is 2. The SMILES string of the molecule is CCCc1nccn1Cc1cc(C(C)=O)ccc1OC. The third-order valence-corrected chi connectivity index (χ3v) is 3.30. The van der Waals surface area contributed by atoms with Crippen LogP contribution in [0.1, 0.15) is 42.0 Å². The summed E-state index contributed by atoms with van der Waals surface area (Å²) in [5.41, 5.74) is 1.70. The number of ketones is 1. The molecule has 4 heteroatoms. The number of aromatic nitrogens is 2. The van der Waals surface area contributed by atoms with Crippen molar-refractivity contribution in [2.24, 2.45) is 0 Å². The summed E-state index contributed by atoms with van der Waals surface area (Å²) >= 11 is 0. The lowest BCUT2D eigenvalue weighted by molar-refractivity contribution is 0.101.